The molecule has 0 aromatic carbocycles. The summed E-state index contributed by atoms with van der Waals surface area (Å²) >= 11 is 6.03. The number of ether oxygens (including phenoxy) is 1. The van der Waals surface area contributed by atoms with E-state index in [0.29, 0.717) is 17.4 Å². The second-order valence-electron chi connectivity index (χ2n) is 4.67. The van der Waals surface area contributed by atoms with Crippen molar-refractivity contribution in [2.75, 3.05) is 13.7 Å². The Balaban J connectivity index is 2.68. The van der Waals surface area contributed by atoms with E-state index in [1.807, 2.05) is 12.3 Å². The van der Waals surface area contributed by atoms with Gasteiger partial charge in [0.25, 0.3) is 0 Å². The van der Waals surface area contributed by atoms with Crippen LogP contribution < -0.4 is 10.5 Å². The first kappa shape index (κ1) is 12.2. The van der Waals surface area contributed by atoms with E-state index in [-0.39, 0.29) is 5.41 Å². The summed E-state index contributed by atoms with van der Waals surface area (Å²) in [7, 11) is 1.56. The summed E-state index contributed by atoms with van der Waals surface area (Å²) in [4.78, 5) is 7.59. The Morgan fingerprint density at radius 1 is 1.53 bits per heavy atom. The number of hydrogen-bond acceptors (Lipinski definition) is 3. The maximum absolute atomic E-state index is 6.03. The van der Waals surface area contributed by atoms with Crippen LogP contribution in [0.1, 0.15) is 19.4 Å². The molecule has 4 nitrogen and oxygen atoms in total. The first-order valence-electron chi connectivity index (χ1n) is 5.42. The van der Waals surface area contributed by atoms with Crippen LogP contribution in [0.4, 0.5) is 0 Å². The molecule has 3 N–H and O–H groups in total. The van der Waals surface area contributed by atoms with Gasteiger partial charge in [0.05, 0.1) is 18.1 Å². The predicted molar refractivity (Wildman–Crippen MR) is 69.7 cm³/mol. The normalized spacial score (nSPS) is 12.1. The van der Waals surface area contributed by atoms with Gasteiger partial charge < -0.3 is 15.5 Å². The first-order valence-corrected chi connectivity index (χ1v) is 5.79. The fourth-order valence-electron chi connectivity index (χ4n) is 1.77. The van der Waals surface area contributed by atoms with E-state index >= 15 is 0 Å². The molecule has 0 aliphatic carbocycles. The highest BCUT2D eigenvalue weighted by Gasteiger charge is 2.24. The minimum Gasteiger partial charge on any atom is -0.480 e. The van der Waals surface area contributed by atoms with E-state index in [1.165, 1.54) is 0 Å². The topological polar surface area (TPSA) is 63.9 Å². The smallest absolute Gasteiger partial charge is 0.233 e. The van der Waals surface area contributed by atoms with Gasteiger partial charge in [0.2, 0.25) is 5.88 Å². The Bertz CT molecular complexity index is 548. The molecule has 0 fully saturated rings. The summed E-state index contributed by atoms with van der Waals surface area (Å²) in [6.07, 6.45) is 1.93. The highest BCUT2D eigenvalue weighted by Crippen LogP contribution is 2.32. The largest absolute Gasteiger partial charge is 0.480 e. The molecule has 0 bridgehead atoms. The second kappa shape index (κ2) is 4.20. The van der Waals surface area contributed by atoms with Gasteiger partial charge in [-0.15, -0.1) is 0 Å². The van der Waals surface area contributed by atoms with Crippen LogP contribution in [0.3, 0.4) is 0 Å². The minimum atomic E-state index is -0.135. The number of hydrogen-bond donors (Lipinski definition) is 2. The number of fused-ring (bicyclic) bond motifs is 1. The van der Waals surface area contributed by atoms with Crippen LogP contribution in [0.2, 0.25) is 5.02 Å². The second-order valence-corrected chi connectivity index (χ2v) is 5.07. The van der Waals surface area contributed by atoms with Gasteiger partial charge in [0.15, 0.2) is 0 Å². The van der Waals surface area contributed by atoms with E-state index in [1.54, 1.807) is 7.11 Å². The molecule has 2 heterocycles. The van der Waals surface area contributed by atoms with E-state index < -0.39 is 0 Å². The van der Waals surface area contributed by atoms with Gasteiger partial charge >= 0.3 is 0 Å². The molecule has 2 aromatic heterocycles. The van der Waals surface area contributed by atoms with Crippen molar-refractivity contribution in [2.45, 2.75) is 19.3 Å². The monoisotopic (exact) mass is 253 g/mol. The fraction of sp³-hybridized carbons (Fsp3) is 0.417. The lowest BCUT2D eigenvalue weighted by Crippen LogP contribution is -2.27. The summed E-state index contributed by atoms with van der Waals surface area (Å²) in [6, 6.07) is 1.82. The van der Waals surface area contributed by atoms with Gasteiger partial charge in [0, 0.05) is 23.7 Å². The zero-order valence-electron chi connectivity index (χ0n) is 10.2. The van der Waals surface area contributed by atoms with Crippen LogP contribution in [0.25, 0.3) is 11.0 Å². The van der Waals surface area contributed by atoms with Crippen molar-refractivity contribution in [1.82, 2.24) is 9.97 Å². The molecule has 0 amide bonds. The lowest BCUT2D eigenvalue weighted by atomic mass is 9.86. The zero-order valence-corrected chi connectivity index (χ0v) is 10.9. The van der Waals surface area contributed by atoms with Crippen molar-refractivity contribution in [1.29, 1.82) is 0 Å². The Kier molecular flexibility index (Phi) is 3.02. The van der Waals surface area contributed by atoms with Crippen molar-refractivity contribution < 1.29 is 4.74 Å². The standard InChI is InChI=1S/C12H16ClN3O/c1-12(2,6-14)7-5-15-9-4-8(13)11(17-3)16-10(7)9/h4-5,15H,6,14H2,1-3H3. The SMILES string of the molecule is COc1nc2c(C(C)(C)CN)c[nH]c2cc1Cl. The van der Waals surface area contributed by atoms with E-state index in [4.69, 9.17) is 22.1 Å². The molecule has 0 aliphatic heterocycles. The number of nitrogens with zero attached hydrogens (tertiary/aromatic N) is 1. The molecule has 0 unspecified atom stereocenters. The molecule has 5 heteroatoms. The molecular formula is C12H16ClN3O. The van der Waals surface area contributed by atoms with Crippen LogP contribution in [0, 0.1) is 0 Å². The molecule has 0 atom stereocenters. The number of aromatic amines is 1. The number of halogens is 1. The summed E-state index contributed by atoms with van der Waals surface area (Å²) in [5, 5.41) is 0.499. The maximum atomic E-state index is 6.03. The third-order valence-electron chi connectivity index (χ3n) is 3.00. The zero-order chi connectivity index (χ0) is 12.6. The average Bonchev–Trinajstić information content (AvgIpc) is 2.71. The molecule has 2 aromatic rings. The molecule has 2 rings (SSSR count). The molecule has 17 heavy (non-hydrogen) atoms. The fourth-order valence-corrected chi connectivity index (χ4v) is 2.00. The number of aromatic nitrogens is 2. The van der Waals surface area contributed by atoms with Gasteiger partial charge in [-0.3, -0.25) is 0 Å². The van der Waals surface area contributed by atoms with Crippen molar-refractivity contribution in [3.63, 3.8) is 0 Å². The number of rotatable bonds is 3. The summed E-state index contributed by atoms with van der Waals surface area (Å²) < 4.78 is 5.14. The van der Waals surface area contributed by atoms with Crippen molar-refractivity contribution in [3.05, 3.63) is 22.8 Å². The lowest BCUT2D eigenvalue weighted by Gasteiger charge is -2.21. The number of methoxy groups -OCH3 is 1. The molecule has 92 valence electrons. The number of nitrogens with two attached hydrogens (primary N) is 1. The van der Waals surface area contributed by atoms with E-state index in [0.717, 1.165) is 16.6 Å². The van der Waals surface area contributed by atoms with Gasteiger partial charge in [-0.05, 0) is 6.07 Å². The van der Waals surface area contributed by atoms with Crippen molar-refractivity contribution >= 4 is 22.6 Å². The molecular weight excluding hydrogens is 238 g/mol. The van der Waals surface area contributed by atoms with Crippen LogP contribution >= 0.6 is 11.6 Å². The molecule has 0 saturated heterocycles. The molecule has 0 saturated carbocycles. The summed E-state index contributed by atoms with van der Waals surface area (Å²) in [5.74, 6) is 0.438. The predicted octanol–water partition coefficient (Wildman–Crippen LogP) is 2.46. The molecule has 0 aliphatic rings. The minimum absolute atomic E-state index is 0.135. The van der Waals surface area contributed by atoms with Crippen LogP contribution in [-0.2, 0) is 5.41 Å². The molecule has 0 spiro atoms. The first-order chi connectivity index (χ1) is 7.99. The van der Waals surface area contributed by atoms with Gasteiger partial charge in [-0.1, -0.05) is 25.4 Å². The highest BCUT2D eigenvalue weighted by molar-refractivity contribution is 6.32. The Morgan fingerprint density at radius 3 is 2.82 bits per heavy atom. The van der Waals surface area contributed by atoms with Crippen LogP contribution in [0.5, 0.6) is 5.88 Å². The Labute approximate surface area is 105 Å². The lowest BCUT2D eigenvalue weighted by molar-refractivity contribution is 0.399. The summed E-state index contributed by atoms with van der Waals surface area (Å²) in [6.45, 7) is 4.71. The van der Waals surface area contributed by atoms with Gasteiger partial charge in [-0.25, -0.2) is 4.98 Å². The highest BCUT2D eigenvalue weighted by atomic mass is 35.5. The van der Waals surface area contributed by atoms with E-state index in [9.17, 15) is 0 Å². The third-order valence-corrected chi connectivity index (χ3v) is 3.27. The number of pyridine rings is 1. The quantitative estimate of drug-likeness (QED) is 0.883. The van der Waals surface area contributed by atoms with Crippen molar-refractivity contribution in [3.8, 4) is 5.88 Å². The Morgan fingerprint density at radius 2 is 2.24 bits per heavy atom. The van der Waals surface area contributed by atoms with Crippen molar-refractivity contribution in [2.24, 2.45) is 5.73 Å². The van der Waals surface area contributed by atoms with Gasteiger partial charge in [-0.2, -0.15) is 0 Å². The average molecular weight is 254 g/mol. The number of nitrogens with one attached hydrogen (secondary N) is 1. The van der Waals surface area contributed by atoms with Gasteiger partial charge in [0.1, 0.15) is 5.02 Å². The third kappa shape index (κ3) is 1.98. The van der Waals surface area contributed by atoms with Crippen LogP contribution in [-0.4, -0.2) is 23.6 Å². The molecule has 0 radical (unpaired) electrons. The number of H-pyrrole nitrogens is 1. The van der Waals surface area contributed by atoms with Crippen LogP contribution in [0.15, 0.2) is 12.3 Å². The Hall–Kier alpha value is -1.26. The maximum Gasteiger partial charge on any atom is 0.233 e. The van der Waals surface area contributed by atoms with E-state index in [2.05, 4.69) is 23.8 Å². The summed E-state index contributed by atoms with van der Waals surface area (Å²) in [5.41, 5.74) is 8.49.